The Kier molecular flexibility index (Phi) is 1.99. The fourth-order valence-electron chi connectivity index (χ4n) is 3.30. The van der Waals surface area contributed by atoms with E-state index in [0.717, 1.165) is 18.9 Å². The third-order valence-corrected chi connectivity index (χ3v) is 3.87. The molecular weight excluding hydrogens is 186 g/mol. The van der Waals surface area contributed by atoms with Crippen LogP contribution in [0.3, 0.4) is 0 Å². The Balaban J connectivity index is 1.75. The van der Waals surface area contributed by atoms with Gasteiger partial charge >= 0.3 is 0 Å². The van der Waals surface area contributed by atoms with E-state index in [2.05, 4.69) is 11.4 Å². The first kappa shape index (κ1) is 9.22. The summed E-state index contributed by atoms with van der Waals surface area (Å²) in [4.78, 5) is 0. The second-order valence-electron chi connectivity index (χ2n) is 5.25. The Labute approximate surface area is 90.3 Å². The number of rotatable bonds is 2. The summed E-state index contributed by atoms with van der Waals surface area (Å²) in [6, 6.07) is 7.70. The van der Waals surface area contributed by atoms with Crippen LogP contribution >= 0.6 is 0 Å². The summed E-state index contributed by atoms with van der Waals surface area (Å²) in [6.07, 6.45) is 3.86. The molecule has 1 saturated carbocycles. The van der Waals surface area contributed by atoms with Crippen molar-refractivity contribution in [2.24, 2.45) is 11.3 Å². The Morgan fingerprint density at radius 1 is 1.40 bits per heavy atom. The highest BCUT2D eigenvalue weighted by molar-refractivity contribution is 5.28. The monoisotopic (exact) mass is 203 g/mol. The van der Waals surface area contributed by atoms with Crippen molar-refractivity contribution in [2.45, 2.75) is 19.3 Å². The predicted molar refractivity (Wildman–Crippen MR) is 59.8 cm³/mol. The minimum atomic E-state index is 0.392. The van der Waals surface area contributed by atoms with Gasteiger partial charge in [0, 0.05) is 6.54 Å². The largest absolute Gasteiger partial charge is 0.508 e. The molecular formula is C13H17NO. The molecule has 3 fully saturated rings. The van der Waals surface area contributed by atoms with Crippen molar-refractivity contribution in [3.63, 3.8) is 0 Å². The Hall–Kier alpha value is -1.02. The van der Waals surface area contributed by atoms with Crippen LogP contribution in [0, 0.1) is 11.3 Å². The molecule has 0 atom stereocenters. The van der Waals surface area contributed by atoms with Crippen molar-refractivity contribution in [3.05, 3.63) is 29.8 Å². The van der Waals surface area contributed by atoms with Gasteiger partial charge in [-0.1, -0.05) is 12.1 Å². The van der Waals surface area contributed by atoms with Crippen LogP contribution in [-0.2, 0) is 6.42 Å². The molecule has 2 N–H and O–H groups in total. The lowest BCUT2D eigenvalue weighted by atomic mass is 9.57. The lowest BCUT2D eigenvalue weighted by Gasteiger charge is -2.53. The van der Waals surface area contributed by atoms with Crippen LogP contribution in [0.5, 0.6) is 5.75 Å². The molecule has 1 aromatic carbocycles. The van der Waals surface area contributed by atoms with Crippen LogP contribution in [0.2, 0.25) is 0 Å². The number of hydrogen-bond donors (Lipinski definition) is 2. The highest BCUT2D eigenvalue weighted by atomic mass is 16.3. The fraction of sp³-hybridized carbons (Fsp3) is 0.538. The quantitative estimate of drug-likeness (QED) is 0.770. The summed E-state index contributed by atoms with van der Waals surface area (Å²) in [5.74, 6) is 1.31. The van der Waals surface area contributed by atoms with Crippen LogP contribution < -0.4 is 5.32 Å². The molecule has 1 aromatic rings. The molecule has 2 heterocycles. The Morgan fingerprint density at radius 3 is 2.93 bits per heavy atom. The maximum absolute atomic E-state index is 9.42. The molecule has 2 bridgehead atoms. The summed E-state index contributed by atoms with van der Waals surface area (Å²) in [7, 11) is 0. The Bertz CT molecular complexity index is 363. The van der Waals surface area contributed by atoms with Crippen molar-refractivity contribution in [1.82, 2.24) is 5.32 Å². The zero-order valence-corrected chi connectivity index (χ0v) is 8.87. The molecule has 0 amide bonds. The molecule has 2 nitrogen and oxygen atoms in total. The van der Waals surface area contributed by atoms with E-state index in [1.165, 1.54) is 24.9 Å². The molecule has 0 radical (unpaired) electrons. The highest BCUT2D eigenvalue weighted by Crippen LogP contribution is 2.49. The second-order valence-corrected chi connectivity index (χ2v) is 5.25. The van der Waals surface area contributed by atoms with Crippen molar-refractivity contribution in [2.75, 3.05) is 13.1 Å². The van der Waals surface area contributed by atoms with Gasteiger partial charge in [0.15, 0.2) is 0 Å². The van der Waals surface area contributed by atoms with E-state index in [4.69, 9.17) is 0 Å². The minimum Gasteiger partial charge on any atom is -0.508 e. The van der Waals surface area contributed by atoms with Gasteiger partial charge in [0.2, 0.25) is 0 Å². The summed E-state index contributed by atoms with van der Waals surface area (Å²) < 4.78 is 0. The van der Waals surface area contributed by atoms with E-state index in [9.17, 15) is 5.11 Å². The fourth-order valence-corrected chi connectivity index (χ4v) is 3.30. The van der Waals surface area contributed by atoms with Gasteiger partial charge in [-0.15, -0.1) is 0 Å². The standard InChI is InChI=1S/C13H17NO/c15-12-3-1-2-10(4-12)5-13-6-11(7-13)8-14-9-13/h1-4,11,14-15H,5-9H2. The van der Waals surface area contributed by atoms with E-state index in [0.29, 0.717) is 11.2 Å². The summed E-state index contributed by atoms with van der Waals surface area (Å²) in [6.45, 7) is 2.36. The molecule has 0 spiro atoms. The van der Waals surface area contributed by atoms with E-state index < -0.39 is 0 Å². The van der Waals surface area contributed by atoms with Gasteiger partial charge in [0.25, 0.3) is 0 Å². The zero-order valence-electron chi connectivity index (χ0n) is 8.87. The van der Waals surface area contributed by atoms with Crippen LogP contribution in [0.1, 0.15) is 18.4 Å². The van der Waals surface area contributed by atoms with E-state index in [-0.39, 0.29) is 0 Å². The molecule has 0 unspecified atom stereocenters. The number of benzene rings is 1. The molecule has 2 aliphatic heterocycles. The normalized spacial score (nSPS) is 33.5. The maximum atomic E-state index is 9.42. The van der Waals surface area contributed by atoms with Crippen LogP contribution in [0.25, 0.3) is 0 Å². The third-order valence-electron chi connectivity index (χ3n) is 3.87. The summed E-state index contributed by atoms with van der Waals surface area (Å²) >= 11 is 0. The number of fused-ring (bicyclic) bond motifs is 2. The van der Waals surface area contributed by atoms with E-state index in [1.54, 1.807) is 6.07 Å². The van der Waals surface area contributed by atoms with E-state index >= 15 is 0 Å². The summed E-state index contributed by atoms with van der Waals surface area (Å²) in [5, 5.41) is 12.9. The molecule has 4 rings (SSSR count). The van der Waals surface area contributed by atoms with Gasteiger partial charge in [0.05, 0.1) is 0 Å². The lowest BCUT2D eigenvalue weighted by molar-refractivity contribution is 0.0145. The van der Waals surface area contributed by atoms with E-state index in [1.807, 2.05) is 12.1 Å². The summed E-state index contributed by atoms with van der Waals surface area (Å²) in [5.41, 5.74) is 1.77. The van der Waals surface area contributed by atoms with Gasteiger partial charge < -0.3 is 10.4 Å². The molecule has 1 aliphatic carbocycles. The molecule has 3 aliphatic rings. The zero-order chi connectivity index (χ0) is 10.3. The smallest absolute Gasteiger partial charge is 0.115 e. The number of hydrogen-bond acceptors (Lipinski definition) is 2. The SMILES string of the molecule is Oc1cccc(CC23CNCC(C2)C3)c1. The number of phenolic OH excluding ortho intramolecular Hbond substituents is 1. The third kappa shape index (κ3) is 1.63. The van der Waals surface area contributed by atoms with Gasteiger partial charge in [-0.05, 0) is 54.8 Å². The number of nitrogens with one attached hydrogen (secondary N) is 1. The second kappa shape index (κ2) is 3.24. The predicted octanol–water partition coefficient (Wildman–Crippen LogP) is 1.93. The van der Waals surface area contributed by atoms with Crippen molar-refractivity contribution in [3.8, 4) is 5.75 Å². The van der Waals surface area contributed by atoms with Gasteiger partial charge in [-0.2, -0.15) is 0 Å². The number of phenols is 1. The first-order valence-electron chi connectivity index (χ1n) is 5.74. The number of aromatic hydroxyl groups is 1. The van der Waals surface area contributed by atoms with Crippen molar-refractivity contribution in [1.29, 1.82) is 0 Å². The lowest BCUT2D eigenvalue weighted by Crippen LogP contribution is -2.55. The van der Waals surface area contributed by atoms with Crippen LogP contribution in [0.15, 0.2) is 24.3 Å². The average molecular weight is 203 g/mol. The highest BCUT2D eigenvalue weighted by Gasteiger charge is 2.46. The first-order valence-corrected chi connectivity index (χ1v) is 5.74. The Morgan fingerprint density at radius 2 is 2.27 bits per heavy atom. The molecule has 2 heteroatoms. The van der Waals surface area contributed by atoms with Crippen molar-refractivity contribution < 1.29 is 5.11 Å². The van der Waals surface area contributed by atoms with Gasteiger partial charge in [-0.3, -0.25) is 0 Å². The number of piperidine rings is 2. The average Bonchev–Trinajstić information content (AvgIpc) is 2.17. The molecule has 15 heavy (non-hydrogen) atoms. The maximum Gasteiger partial charge on any atom is 0.115 e. The van der Waals surface area contributed by atoms with Gasteiger partial charge in [0.1, 0.15) is 5.75 Å². The van der Waals surface area contributed by atoms with Gasteiger partial charge in [-0.25, -0.2) is 0 Å². The van der Waals surface area contributed by atoms with Crippen LogP contribution in [0.4, 0.5) is 0 Å². The molecule has 80 valence electrons. The molecule has 2 saturated heterocycles. The first-order chi connectivity index (χ1) is 7.26. The molecule has 0 aromatic heterocycles. The van der Waals surface area contributed by atoms with Crippen LogP contribution in [-0.4, -0.2) is 18.2 Å². The minimum absolute atomic E-state index is 0.392. The topological polar surface area (TPSA) is 32.3 Å². The van der Waals surface area contributed by atoms with Crippen molar-refractivity contribution >= 4 is 0 Å².